The minimum absolute atomic E-state index is 0.142. The van der Waals surface area contributed by atoms with Crippen LogP contribution in [0.5, 0.6) is 11.5 Å². The molecule has 40 heavy (non-hydrogen) atoms. The molecule has 0 unspecified atom stereocenters. The molecule has 10 nitrogen and oxygen atoms in total. The molecule has 0 aliphatic carbocycles. The molecule has 0 aromatic heterocycles. The lowest BCUT2D eigenvalue weighted by molar-refractivity contribution is -0.139. The Morgan fingerprint density at radius 2 is 1.35 bits per heavy atom. The maximum Gasteiger partial charge on any atom is 0.417 e. The van der Waals surface area contributed by atoms with Gasteiger partial charge in [0.15, 0.2) is 0 Å². The van der Waals surface area contributed by atoms with E-state index in [0.29, 0.717) is 29.0 Å². The highest BCUT2D eigenvalue weighted by molar-refractivity contribution is 5.97. The van der Waals surface area contributed by atoms with Crippen LogP contribution in [0.15, 0.2) is 78.9 Å². The number of ether oxygens (including phenoxy) is 3. The number of cyclic esters (lactones) is 1. The number of aliphatic hydroxyl groups excluding tert-OH is 2. The molecule has 2 amide bonds. The van der Waals surface area contributed by atoms with Crippen molar-refractivity contribution in [3.63, 3.8) is 0 Å². The molecule has 3 aromatic rings. The fraction of sp³-hybridized carbons (Fsp3) is 0.300. The van der Waals surface area contributed by atoms with E-state index in [0.717, 1.165) is 10.5 Å². The van der Waals surface area contributed by atoms with Crippen LogP contribution < -0.4 is 9.47 Å². The first-order valence-electron chi connectivity index (χ1n) is 12.6. The molecule has 1 heterocycles. The highest BCUT2D eigenvalue weighted by Gasteiger charge is 2.41. The third kappa shape index (κ3) is 7.16. The molecule has 10 heteroatoms. The second kappa shape index (κ2) is 14.7. The molecule has 1 aliphatic heterocycles. The Morgan fingerprint density at radius 1 is 0.850 bits per heavy atom. The number of carbonyl (C=O) groups is 3. The predicted octanol–water partition coefficient (Wildman–Crippen LogP) is 3.22. The lowest BCUT2D eigenvalue weighted by Crippen LogP contribution is -2.43. The van der Waals surface area contributed by atoms with E-state index < -0.39 is 49.1 Å². The summed E-state index contributed by atoms with van der Waals surface area (Å²) in [5, 5.41) is 27.6. The summed E-state index contributed by atoms with van der Waals surface area (Å²) < 4.78 is 15.4. The zero-order valence-corrected chi connectivity index (χ0v) is 22.3. The van der Waals surface area contributed by atoms with Gasteiger partial charge in [-0.2, -0.15) is 0 Å². The third-order valence-corrected chi connectivity index (χ3v) is 6.50. The van der Waals surface area contributed by atoms with Crippen LogP contribution in [0, 0.1) is 0 Å². The van der Waals surface area contributed by atoms with Crippen LogP contribution in [0.2, 0.25) is 0 Å². The molecular formula is C30H33NO9. The number of imide groups is 1. The van der Waals surface area contributed by atoms with Crippen molar-refractivity contribution in [2.24, 2.45) is 0 Å². The van der Waals surface area contributed by atoms with Crippen molar-refractivity contribution in [3.8, 4) is 11.5 Å². The maximum absolute atomic E-state index is 13.1. The molecule has 0 spiro atoms. The topological polar surface area (TPSA) is 143 Å². The Morgan fingerprint density at radius 3 is 1.85 bits per heavy atom. The van der Waals surface area contributed by atoms with E-state index in [1.165, 1.54) is 14.2 Å². The fourth-order valence-electron chi connectivity index (χ4n) is 4.46. The number of aliphatic hydroxyl groups is 2. The van der Waals surface area contributed by atoms with E-state index in [2.05, 4.69) is 0 Å². The quantitative estimate of drug-likeness (QED) is 0.346. The van der Waals surface area contributed by atoms with Crippen molar-refractivity contribution in [1.82, 2.24) is 4.90 Å². The van der Waals surface area contributed by atoms with Crippen molar-refractivity contribution in [3.05, 3.63) is 95.6 Å². The van der Waals surface area contributed by atoms with Gasteiger partial charge in [-0.3, -0.25) is 9.59 Å². The molecule has 0 bridgehead atoms. The summed E-state index contributed by atoms with van der Waals surface area (Å²) >= 11 is 0. The first-order valence-corrected chi connectivity index (χ1v) is 12.6. The number of carboxylic acids is 1. The average molecular weight is 552 g/mol. The monoisotopic (exact) mass is 551 g/mol. The Labute approximate surface area is 232 Å². The molecule has 3 atom stereocenters. The van der Waals surface area contributed by atoms with E-state index in [4.69, 9.17) is 24.4 Å². The van der Waals surface area contributed by atoms with Crippen LogP contribution >= 0.6 is 0 Å². The van der Waals surface area contributed by atoms with Crippen LogP contribution in [0.3, 0.4) is 0 Å². The summed E-state index contributed by atoms with van der Waals surface area (Å²) in [5.41, 5.74) is 2.04. The van der Waals surface area contributed by atoms with Crippen molar-refractivity contribution in [2.75, 3.05) is 34.0 Å². The van der Waals surface area contributed by atoms with E-state index in [1.807, 2.05) is 30.3 Å². The largest absolute Gasteiger partial charge is 0.496 e. The van der Waals surface area contributed by atoms with Crippen LogP contribution in [0.25, 0.3) is 0 Å². The molecule has 1 saturated heterocycles. The second-order valence-corrected chi connectivity index (χ2v) is 8.92. The van der Waals surface area contributed by atoms with Crippen molar-refractivity contribution in [1.29, 1.82) is 0 Å². The standard InChI is InChI=1S/C20H21NO5.C10H12O4/c1-25-18-10-6-5-9-16(18)17(12-22)19(23)21-15(13-26-20(21)24)11-14-7-3-2-4-8-14;1-14-9-5-3-2-4-7(9)8(6-11)10(12)13/h2-10,15,17,22H,11-13H2,1H3;2-5,8,11H,6H2,1H3,(H,12,13)/t15-,17-;8-/m11/s1. The minimum atomic E-state index is -1.06. The number of hydrogen-bond donors (Lipinski definition) is 3. The zero-order chi connectivity index (χ0) is 29.1. The van der Waals surface area contributed by atoms with Gasteiger partial charge in [0, 0.05) is 11.1 Å². The molecule has 1 aliphatic rings. The summed E-state index contributed by atoms with van der Waals surface area (Å²) in [6.07, 6.45) is -0.174. The van der Waals surface area contributed by atoms with E-state index in [-0.39, 0.29) is 6.61 Å². The number of nitrogens with zero attached hydrogens (tertiary/aromatic N) is 1. The highest BCUT2D eigenvalue weighted by Crippen LogP contribution is 2.30. The number of benzene rings is 3. The number of aliphatic carboxylic acids is 1. The third-order valence-electron chi connectivity index (χ3n) is 6.50. The van der Waals surface area contributed by atoms with Gasteiger partial charge in [-0.25, -0.2) is 9.69 Å². The Kier molecular flexibility index (Phi) is 11.0. The van der Waals surface area contributed by atoms with E-state index >= 15 is 0 Å². The van der Waals surface area contributed by atoms with Gasteiger partial charge in [0.1, 0.15) is 24.0 Å². The Bertz CT molecular complexity index is 1280. The first-order chi connectivity index (χ1) is 19.4. The van der Waals surface area contributed by atoms with Crippen molar-refractivity contribution >= 4 is 18.0 Å². The van der Waals surface area contributed by atoms with Crippen LogP contribution in [0.1, 0.15) is 28.5 Å². The molecule has 3 aromatic carbocycles. The lowest BCUT2D eigenvalue weighted by Gasteiger charge is -2.25. The van der Waals surface area contributed by atoms with Gasteiger partial charge < -0.3 is 29.5 Å². The molecule has 4 rings (SSSR count). The molecule has 3 N–H and O–H groups in total. The Balaban J connectivity index is 0.000000267. The van der Waals surface area contributed by atoms with E-state index in [9.17, 15) is 19.5 Å². The lowest BCUT2D eigenvalue weighted by atomic mass is 9.96. The fourth-order valence-corrected chi connectivity index (χ4v) is 4.46. The number of amides is 2. The van der Waals surface area contributed by atoms with Gasteiger partial charge in [0.05, 0.1) is 39.4 Å². The smallest absolute Gasteiger partial charge is 0.417 e. The van der Waals surface area contributed by atoms with Gasteiger partial charge in [0.2, 0.25) is 5.91 Å². The van der Waals surface area contributed by atoms with Gasteiger partial charge in [-0.15, -0.1) is 0 Å². The minimum Gasteiger partial charge on any atom is -0.496 e. The predicted molar refractivity (Wildman–Crippen MR) is 145 cm³/mol. The van der Waals surface area contributed by atoms with Crippen molar-refractivity contribution in [2.45, 2.75) is 24.3 Å². The first kappa shape index (κ1) is 30.1. The average Bonchev–Trinajstić information content (AvgIpc) is 3.34. The number of carboxylic acid groups (broad SMARTS) is 1. The maximum atomic E-state index is 13.1. The van der Waals surface area contributed by atoms with Crippen LogP contribution in [0.4, 0.5) is 4.79 Å². The summed E-state index contributed by atoms with van der Waals surface area (Å²) in [5.74, 6) is -2.39. The van der Waals surface area contributed by atoms with Gasteiger partial charge in [-0.1, -0.05) is 66.7 Å². The highest BCUT2D eigenvalue weighted by atomic mass is 16.6. The number of rotatable bonds is 10. The molecule has 1 fully saturated rings. The van der Waals surface area contributed by atoms with E-state index in [1.54, 1.807) is 48.5 Å². The second-order valence-electron chi connectivity index (χ2n) is 8.92. The van der Waals surface area contributed by atoms with Crippen molar-refractivity contribution < 1.29 is 43.9 Å². The SMILES string of the molecule is COc1ccccc1[C@@H](CO)C(=O)N1C(=O)OC[C@H]1Cc1ccccc1.COc1ccccc1[C@@H](CO)C(=O)O. The summed E-state index contributed by atoms with van der Waals surface area (Å²) in [6, 6.07) is 22.9. The van der Waals surface area contributed by atoms with Gasteiger partial charge in [0.25, 0.3) is 0 Å². The summed E-state index contributed by atoms with van der Waals surface area (Å²) in [4.78, 5) is 37.2. The van der Waals surface area contributed by atoms with Gasteiger partial charge in [-0.05, 0) is 24.1 Å². The number of methoxy groups -OCH3 is 2. The summed E-state index contributed by atoms with van der Waals surface area (Å²) in [6.45, 7) is -0.722. The normalized spacial score (nSPS) is 15.8. The number of carbonyl (C=O) groups excluding carboxylic acids is 2. The molecular weight excluding hydrogens is 518 g/mol. The molecule has 212 valence electrons. The summed E-state index contributed by atoms with van der Waals surface area (Å²) in [7, 11) is 2.97. The number of hydrogen-bond acceptors (Lipinski definition) is 8. The molecule has 0 radical (unpaired) electrons. The Hall–Kier alpha value is -4.41. The molecule has 0 saturated carbocycles. The van der Waals surface area contributed by atoms with Crippen LogP contribution in [-0.2, 0) is 20.7 Å². The van der Waals surface area contributed by atoms with Crippen LogP contribution in [-0.4, -0.2) is 78.3 Å². The van der Waals surface area contributed by atoms with Gasteiger partial charge >= 0.3 is 12.1 Å². The number of para-hydroxylation sites is 2. The zero-order valence-electron chi connectivity index (χ0n) is 22.3.